The van der Waals surface area contributed by atoms with E-state index in [0.29, 0.717) is 57.3 Å². The smallest absolute Gasteiger partial charge is 0.255 e. The number of fused-ring (bicyclic) bond motifs is 1. The van der Waals surface area contributed by atoms with Gasteiger partial charge in [-0.15, -0.1) is 5.53 Å². The predicted octanol–water partition coefficient (Wildman–Crippen LogP) is 4.89. The predicted molar refractivity (Wildman–Crippen MR) is 154 cm³/mol. The molecule has 2 heterocycles. The van der Waals surface area contributed by atoms with Crippen LogP contribution in [0.2, 0.25) is 0 Å². The highest BCUT2D eigenvalue weighted by Crippen LogP contribution is 2.36. The van der Waals surface area contributed by atoms with E-state index in [-0.39, 0.29) is 11.3 Å². The third kappa shape index (κ3) is 5.80. The van der Waals surface area contributed by atoms with Crippen LogP contribution in [0.5, 0.6) is 0 Å². The Morgan fingerprint density at radius 1 is 1.30 bits per heavy atom. The second-order valence-electron chi connectivity index (χ2n) is 11.6. The third-order valence-corrected chi connectivity index (χ3v) is 6.72. The number of rotatable bonds is 8. The first-order chi connectivity index (χ1) is 19.4. The van der Waals surface area contributed by atoms with Gasteiger partial charge >= 0.3 is 0 Å². The Bertz CT molecular complexity index is 1560. The first-order valence-electron chi connectivity index (χ1n) is 13.8. The number of benzene rings is 2. The standard InChI is InChI=1S/C30H35FN8O/c1-30(2,3)17-34-26-19(14-32)15-33-28-23(26)12-21(13-24(28)29(40)38(4)5)35-27(18-6-8-20(31)9-7-18)25-16-39(37-36-25)22-10-11-22/h6-9,12-13,15-16,22,27,35-37H,10-11,17H2,1-5H3,(H,33,34)/t27-/m0/s1/i27D. The van der Waals surface area contributed by atoms with Crippen molar-refractivity contribution in [3.05, 3.63) is 77.0 Å². The minimum absolute atomic E-state index is 0.0829. The number of nitrogens with zero attached hydrogens (tertiary/aromatic N) is 4. The number of anilines is 2. The zero-order chi connectivity index (χ0) is 29.5. The van der Waals surface area contributed by atoms with Crippen molar-refractivity contribution in [2.24, 2.45) is 5.41 Å². The molecule has 1 fully saturated rings. The number of carbonyl (C=O) groups excluding carboxylic acids is 1. The van der Waals surface area contributed by atoms with Gasteiger partial charge in [-0.25, -0.2) is 4.39 Å². The lowest BCUT2D eigenvalue weighted by Crippen LogP contribution is -2.38. The first kappa shape index (κ1) is 25.9. The lowest BCUT2D eigenvalue weighted by molar-refractivity contribution is 0.0829. The molecule has 0 radical (unpaired) electrons. The van der Waals surface area contributed by atoms with Gasteiger partial charge in [0.25, 0.3) is 5.91 Å². The van der Waals surface area contributed by atoms with Crippen molar-refractivity contribution in [2.45, 2.75) is 45.7 Å². The maximum atomic E-state index is 13.9. The van der Waals surface area contributed by atoms with E-state index in [1.54, 1.807) is 38.4 Å². The molecule has 40 heavy (non-hydrogen) atoms. The highest BCUT2D eigenvalue weighted by molar-refractivity contribution is 6.10. The summed E-state index contributed by atoms with van der Waals surface area (Å²) >= 11 is 0. The average molecular weight is 544 g/mol. The zero-order valence-electron chi connectivity index (χ0n) is 24.4. The van der Waals surface area contributed by atoms with Gasteiger partial charge < -0.3 is 21.0 Å². The Hall–Kier alpha value is -4.36. The van der Waals surface area contributed by atoms with Crippen LogP contribution >= 0.6 is 0 Å². The van der Waals surface area contributed by atoms with Crippen LogP contribution in [-0.4, -0.2) is 47.5 Å². The van der Waals surface area contributed by atoms with E-state index >= 15 is 0 Å². The van der Waals surface area contributed by atoms with E-state index in [2.05, 4.69) is 53.4 Å². The van der Waals surface area contributed by atoms with E-state index in [1.807, 2.05) is 11.2 Å². The summed E-state index contributed by atoms with van der Waals surface area (Å²) in [6.45, 7) is 6.83. The van der Waals surface area contributed by atoms with E-state index in [4.69, 9.17) is 0 Å². The lowest BCUT2D eigenvalue weighted by Gasteiger charge is -2.24. The Morgan fingerprint density at radius 3 is 2.65 bits per heavy atom. The molecule has 10 heteroatoms. The van der Waals surface area contributed by atoms with E-state index in [1.165, 1.54) is 23.2 Å². The summed E-state index contributed by atoms with van der Waals surface area (Å²) in [5, 5.41) is 19.1. The van der Waals surface area contributed by atoms with E-state index in [0.717, 1.165) is 12.8 Å². The van der Waals surface area contributed by atoms with Crippen LogP contribution in [0.1, 0.15) is 62.5 Å². The minimum atomic E-state index is -1.59. The Kier molecular flexibility index (Phi) is 6.90. The molecular formula is C30H35FN8O. The molecule has 0 bridgehead atoms. The molecule has 208 valence electrons. The monoisotopic (exact) mass is 543 g/mol. The molecule has 2 aliphatic rings. The van der Waals surface area contributed by atoms with Crippen LogP contribution in [0.15, 0.2) is 54.5 Å². The summed E-state index contributed by atoms with van der Waals surface area (Å²) in [5.41, 5.74) is 9.29. The fraction of sp³-hybridized carbons (Fsp3) is 0.367. The van der Waals surface area contributed by atoms with Gasteiger partial charge in [0.2, 0.25) is 0 Å². The van der Waals surface area contributed by atoms with Crippen molar-refractivity contribution in [1.29, 1.82) is 5.26 Å². The van der Waals surface area contributed by atoms with Crippen LogP contribution in [0.4, 0.5) is 15.8 Å². The van der Waals surface area contributed by atoms with E-state index < -0.39 is 11.8 Å². The molecule has 0 saturated heterocycles. The molecule has 5 rings (SSSR count). The number of carbonyl (C=O) groups is 1. The van der Waals surface area contributed by atoms with Gasteiger partial charge in [-0.1, -0.05) is 32.9 Å². The summed E-state index contributed by atoms with van der Waals surface area (Å²) in [5.74, 6) is -0.675. The second-order valence-corrected chi connectivity index (χ2v) is 11.6. The van der Waals surface area contributed by atoms with Crippen molar-refractivity contribution >= 4 is 28.2 Å². The van der Waals surface area contributed by atoms with E-state index in [9.17, 15) is 15.8 Å². The quantitative estimate of drug-likeness (QED) is 0.318. The van der Waals surface area contributed by atoms with Crippen LogP contribution in [0.25, 0.3) is 10.9 Å². The summed E-state index contributed by atoms with van der Waals surface area (Å²) in [4.78, 5) is 19.4. The molecule has 1 aromatic heterocycles. The Labute approximate surface area is 235 Å². The maximum Gasteiger partial charge on any atom is 0.255 e. The summed E-state index contributed by atoms with van der Waals surface area (Å²) in [7, 11) is 3.32. The van der Waals surface area contributed by atoms with Crippen molar-refractivity contribution in [1.82, 2.24) is 25.9 Å². The van der Waals surface area contributed by atoms with Crippen molar-refractivity contribution < 1.29 is 10.6 Å². The van der Waals surface area contributed by atoms with Gasteiger partial charge in [0.05, 0.1) is 35.4 Å². The molecule has 4 N–H and O–H groups in total. The molecule has 3 aromatic rings. The topological polar surface area (TPSA) is 108 Å². The molecule has 9 nitrogen and oxygen atoms in total. The Balaban J connectivity index is 1.68. The molecule has 1 atom stereocenters. The number of nitrogens with one attached hydrogen (secondary N) is 4. The molecule has 1 aliphatic heterocycles. The van der Waals surface area contributed by atoms with Gasteiger partial charge in [-0.3, -0.25) is 14.8 Å². The molecule has 0 spiro atoms. The largest absolute Gasteiger partial charge is 0.383 e. The summed E-state index contributed by atoms with van der Waals surface area (Å²) < 4.78 is 23.6. The SMILES string of the molecule is [2H][C@@](Nc1cc(C(=O)N(C)C)c2ncc(C#N)c(NCC(C)(C)C)c2c1)(C1=CN(C2CC2)NN1)c1ccc(F)cc1. The lowest BCUT2D eigenvalue weighted by atomic mass is 9.96. The van der Waals surface area contributed by atoms with Gasteiger partial charge in [0, 0.05) is 50.2 Å². The number of halogens is 1. The zero-order valence-corrected chi connectivity index (χ0v) is 23.4. The van der Waals surface area contributed by atoms with Crippen LogP contribution in [0, 0.1) is 22.6 Å². The minimum Gasteiger partial charge on any atom is -0.383 e. The van der Waals surface area contributed by atoms with Crippen molar-refractivity contribution in [3.8, 4) is 6.07 Å². The normalized spacial score (nSPS) is 16.9. The van der Waals surface area contributed by atoms with Gasteiger partial charge in [-0.05, 0) is 48.1 Å². The Morgan fingerprint density at radius 2 is 2.02 bits per heavy atom. The highest BCUT2D eigenvalue weighted by atomic mass is 19.1. The van der Waals surface area contributed by atoms with Crippen LogP contribution in [-0.2, 0) is 0 Å². The summed E-state index contributed by atoms with van der Waals surface area (Å²) in [6, 6.07) is 10.2. The number of aromatic nitrogens is 1. The molecule has 1 saturated carbocycles. The van der Waals surface area contributed by atoms with Crippen LogP contribution < -0.4 is 21.6 Å². The molecule has 1 aliphatic carbocycles. The molecular weight excluding hydrogens is 507 g/mol. The number of amides is 1. The maximum absolute atomic E-state index is 13.9. The van der Waals surface area contributed by atoms with Gasteiger partial charge in [0.15, 0.2) is 0 Å². The van der Waals surface area contributed by atoms with Gasteiger partial charge in [0.1, 0.15) is 11.9 Å². The number of hydrogen-bond donors (Lipinski definition) is 4. The summed E-state index contributed by atoms with van der Waals surface area (Å²) in [6.07, 6.45) is 5.42. The third-order valence-electron chi connectivity index (χ3n) is 6.72. The average Bonchev–Trinajstić information content (AvgIpc) is 3.65. The van der Waals surface area contributed by atoms with Crippen molar-refractivity contribution in [3.63, 3.8) is 0 Å². The molecule has 0 unspecified atom stereocenters. The molecule has 1 amide bonds. The highest BCUT2D eigenvalue weighted by Gasteiger charge is 2.32. The number of hydrazine groups is 2. The first-order valence-corrected chi connectivity index (χ1v) is 13.3. The fourth-order valence-corrected chi connectivity index (χ4v) is 4.47. The fourth-order valence-electron chi connectivity index (χ4n) is 4.47. The number of pyridine rings is 1. The second kappa shape index (κ2) is 10.7. The van der Waals surface area contributed by atoms with Crippen molar-refractivity contribution in [2.75, 3.05) is 31.3 Å². The van der Waals surface area contributed by atoms with Crippen LogP contribution in [0.3, 0.4) is 0 Å². The molecule has 2 aromatic carbocycles. The number of nitriles is 1. The number of hydrogen-bond acceptors (Lipinski definition) is 8. The van der Waals surface area contributed by atoms with Gasteiger partial charge in [-0.2, -0.15) is 5.26 Å².